The van der Waals surface area contributed by atoms with E-state index in [-0.39, 0.29) is 6.04 Å². The second kappa shape index (κ2) is 10.0. The number of halogens is 1. The van der Waals surface area contributed by atoms with Crippen LogP contribution in [0.15, 0.2) is 65.7 Å². The fraction of sp³-hybridized carbons (Fsp3) is 0.280. The van der Waals surface area contributed by atoms with Crippen LogP contribution in [0.4, 0.5) is 11.5 Å². The van der Waals surface area contributed by atoms with Gasteiger partial charge in [0.05, 0.1) is 23.2 Å². The number of hydrogen-bond donors (Lipinski definition) is 1. The summed E-state index contributed by atoms with van der Waals surface area (Å²) in [7, 11) is 0. The molecule has 3 heterocycles. The summed E-state index contributed by atoms with van der Waals surface area (Å²) in [5.74, 6) is 1.27. The number of fused-ring (bicyclic) bond motifs is 1. The van der Waals surface area contributed by atoms with Crippen LogP contribution in [-0.2, 0) is 11.3 Å². The molecule has 6 nitrogen and oxygen atoms in total. The van der Waals surface area contributed by atoms with Crippen LogP contribution in [-0.4, -0.2) is 34.2 Å². The van der Waals surface area contributed by atoms with Crippen LogP contribution in [0.2, 0.25) is 5.02 Å². The van der Waals surface area contributed by atoms with Crippen molar-refractivity contribution >= 4 is 45.8 Å². The van der Waals surface area contributed by atoms with Crippen molar-refractivity contribution in [1.29, 1.82) is 0 Å². The number of pyridine rings is 1. The molecule has 2 aromatic heterocycles. The van der Waals surface area contributed by atoms with Crippen LogP contribution in [0.25, 0.3) is 10.9 Å². The maximum absolute atomic E-state index is 6.31. The van der Waals surface area contributed by atoms with E-state index in [9.17, 15) is 0 Å². The Balaban J connectivity index is 1.55. The SMILES string of the molecule is CSc1cc(Nc2nn([C@@H]3CCCOC3)c3ccnc(OCc4ccccc4)c23)ccc1Cl. The van der Waals surface area contributed by atoms with Crippen LogP contribution in [0.5, 0.6) is 5.88 Å². The Morgan fingerprint density at radius 1 is 1.21 bits per heavy atom. The summed E-state index contributed by atoms with van der Waals surface area (Å²) >= 11 is 7.92. The zero-order chi connectivity index (χ0) is 22.6. The van der Waals surface area contributed by atoms with Crippen molar-refractivity contribution in [3.8, 4) is 5.88 Å². The molecule has 170 valence electrons. The zero-order valence-electron chi connectivity index (χ0n) is 18.3. The average molecular weight is 481 g/mol. The number of aromatic nitrogens is 3. The molecular formula is C25H25ClN4O2S. The van der Waals surface area contributed by atoms with Gasteiger partial charge in [0.15, 0.2) is 5.82 Å². The normalized spacial score (nSPS) is 16.1. The van der Waals surface area contributed by atoms with Gasteiger partial charge in [-0.15, -0.1) is 11.8 Å². The molecule has 0 unspecified atom stereocenters. The summed E-state index contributed by atoms with van der Waals surface area (Å²) in [6, 6.07) is 18.1. The minimum Gasteiger partial charge on any atom is -0.472 e. The number of nitrogens with one attached hydrogen (secondary N) is 1. The standard InChI is InChI=1S/C25H25ClN4O2S/c1-33-22-14-18(9-10-20(22)26)28-24-23-21(30(29-24)19-8-5-13-31-16-19)11-12-27-25(23)32-15-17-6-3-2-4-7-17/h2-4,6-7,9-12,14,19H,5,8,13,15-16H2,1H3,(H,28,29)/t19-/m1/s1. The first kappa shape index (κ1) is 22.1. The molecule has 4 aromatic rings. The number of anilines is 2. The van der Waals surface area contributed by atoms with E-state index in [4.69, 9.17) is 26.2 Å². The quantitative estimate of drug-likeness (QED) is 0.305. The number of ether oxygens (including phenoxy) is 2. The molecule has 2 aromatic carbocycles. The number of hydrogen-bond acceptors (Lipinski definition) is 6. The van der Waals surface area contributed by atoms with E-state index in [1.54, 1.807) is 18.0 Å². The van der Waals surface area contributed by atoms with Crippen molar-refractivity contribution in [3.05, 3.63) is 71.4 Å². The van der Waals surface area contributed by atoms with Crippen molar-refractivity contribution in [2.24, 2.45) is 0 Å². The van der Waals surface area contributed by atoms with Gasteiger partial charge in [0.25, 0.3) is 0 Å². The van der Waals surface area contributed by atoms with Gasteiger partial charge in [0, 0.05) is 23.4 Å². The maximum Gasteiger partial charge on any atom is 0.227 e. The third-order valence-electron chi connectivity index (χ3n) is 5.70. The Bertz CT molecular complexity index is 1240. The van der Waals surface area contributed by atoms with Gasteiger partial charge in [-0.05, 0) is 48.9 Å². The van der Waals surface area contributed by atoms with E-state index in [0.717, 1.165) is 51.5 Å². The van der Waals surface area contributed by atoms with Gasteiger partial charge in [-0.1, -0.05) is 41.9 Å². The van der Waals surface area contributed by atoms with Gasteiger partial charge >= 0.3 is 0 Å². The Labute approximate surface area is 202 Å². The summed E-state index contributed by atoms with van der Waals surface area (Å²) in [6.45, 7) is 1.88. The molecule has 5 rings (SSSR count). The summed E-state index contributed by atoms with van der Waals surface area (Å²) in [6.07, 6.45) is 5.84. The Hall–Kier alpha value is -2.74. The second-order valence-electron chi connectivity index (χ2n) is 7.92. The average Bonchev–Trinajstić information content (AvgIpc) is 3.24. The lowest BCUT2D eigenvalue weighted by Gasteiger charge is -2.23. The van der Waals surface area contributed by atoms with Crippen LogP contribution in [0.3, 0.4) is 0 Å². The Morgan fingerprint density at radius 3 is 2.88 bits per heavy atom. The van der Waals surface area contributed by atoms with Gasteiger partial charge in [-0.2, -0.15) is 5.10 Å². The van der Waals surface area contributed by atoms with Gasteiger partial charge in [-0.3, -0.25) is 4.68 Å². The molecular weight excluding hydrogens is 456 g/mol. The number of rotatable bonds is 7. The maximum atomic E-state index is 6.31. The van der Waals surface area contributed by atoms with Crippen LogP contribution < -0.4 is 10.1 Å². The number of thioether (sulfide) groups is 1. The summed E-state index contributed by atoms with van der Waals surface area (Å²) in [5, 5.41) is 10.0. The highest BCUT2D eigenvalue weighted by atomic mass is 35.5. The van der Waals surface area contributed by atoms with Crippen molar-refractivity contribution < 1.29 is 9.47 Å². The lowest BCUT2D eigenvalue weighted by atomic mass is 10.1. The topological polar surface area (TPSA) is 61.2 Å². The van der Waals surface area contributed by atoms with Gasteiger partial charge < -0.3 is 14.8 Å². The lowest BCUT2D eigenvalue weighted by molar-refractivity contribution is 0.0566. The van der Waals surface area contributed by atoms with Crippen LogP contribution >= 0.6 is 23.4 Å². The van der Waals surface area contributed by atoms with E-state index in [1.807, 2.05) is 60.9 Å². The molecule has 1 fully saturated rings. The molecule has 1 N–H and O–H groups in total. The molecule has 8 heteroatoms. The fourth-order valence-corrected chi connectivity index (χ4v) is 4.91. The summed E-state index contributed by atoms with van der Waals surface area (Å²) < 4.78 is 14.0. The predicted molar refractivity (Wildman–Crippen MR) is 134 cm³/mol. The predicted octanol–water partition coefficient (Wildman–Crippen LogP) is 6.48. The second-order valence-corrected chi connectivity index (χ2v) is 9.18. The molecule has 1 saturated heterocycles. The number of benzene rings is 2. The minimum atomic E-state index is 0.174. The molecule has 0 saturated carbocycles. The first-order valence-corrected chi connectivity index (χ1v) is 12.6. The van der Waals surface area contributed by atoms with E-state index in [2.05, 4.69) is 15.0 Å². The van der Waals surface area contributed by atoms with E-state index in [1.165, 1.54) is 0 Å². The van der Waals surface area contributed by atoms with Crippen molar-refractivity contribution in [2.75, 3.05) is 24.8 Å². The molecule has 0 aliphatic carbocycles. The molecule has 33 heavy (non-hydrogen) atoms. The highest BCUT2D eigenvalue weighted by Crippen LogP contribution is 2.37. The van der Waals surface area contributed by atoms with Crippen LogP contribution in [0.1, 0.15) is 24.4 Å². The molecule has 1 aliphatic rings. The van der Waals surface area contributed by atoms with E-state index < -0.39 is 0 Å². The monoisotopic (exact) mass is 480 g/mol. The molecule has 0 radical (unpaired) electrons. The van der Waals surface area contributed by atoms with Crippen molar-refractivity contribution in [2.45, 2.75) is 30.4 Å². The highest BCUT2D eigenvalue weighted by molar-refractivity contribution is 7.98. The third-order valence-corrected chi connectivity index (χ3v) is 6.92. The van der Waals surface area contributed by atoms with Gasteiger partial charge in [0.1, 0.15) is 12.0 Å². The Kier molecular flexibility index (Phi) is 6.71. The van der Waals surface area contributed by atoms with E-state index in [0.29, 0.717) is 24.9 Å². The first-order valence-electron chi connectivity index (χ1n) is 10.9. The van der Waals surface area contributed by atoms with Gasteiger partial charge in [0.2, 0.25) is 5.88 Å². The zero-order valence-corrected chi connectivity index (χ0v) is 19.9. The minimum absolute atomic E-state index is 0.174. The molecule has 1 aliphatic heterocycles. The third kappa shape index (κ3) is 4.81. The highest BCUT2D eigenvalue weighted by Gasteiger charge is 2.24. The van der Waals surface area contributed by atoms with Crippen LogP contribution in [0, 0.1) is 0 Å². The number of nitrogens with zero attached hydrogens (tertiary/aromatic N) is 3. The van der Waals surface area contributed by atoms with Crippen molar-refractivity contribution in [3.63, 3.8) is 0 Å². The fourth-order valence-electron chi connectivity index (χ4n) is 4.05. The molecule has 0 amide bonds. The van der Waals surface area contributed by atoms with E-state index >= 15 is 0 Å². The Morgan fingerprint density at radius 2 is 2.09 bits per heavy atom. The summed E-state index contributed by atoms with van der Waals surface area (Å²) in [4.78, 5) is 5.56. The molecule has 1 atom stereocenters. The van der Waals surface area contributed by atoms with Gasteiger partial charge in [-0.25, -0.2) is 4.98 Å². The molecule has 0 bridgehead atoms. The summed E-state index contributed by atoms with van der Waals surface area (Å²) in [5.41, 5.74) is 2.97. The molecule has 0 spiro atoms. The smallest absolute Gasteiger partial charge is 0.227 e. The largest absolute Gasteiger partial charge is 0.472 e. The van der Waals surface area contributed by atoms with Crippen molar-refractivity contribution in [1.82, 2.24) is 14.8 Å². The lowest BCUT2D eigenvalue weighted by Crippen LogP contribution is -2.22. The first-order chi connectivity index (χ1) is 16.2.